The third-order valence-electron chi connectivity index (χ3n) is 3.72. The minimum absolute atomic E-state index is 0.193. The third kappa shape index (κ3) is 2.79. The van der Waals surface area contributed by atoms with E-state index in [1.54, 1.807) is 18.5 Å². The van der Waals surface area contributed by atoms with Gasteiger partial charge in [-0.1, -0.05) is 6.07 Å². The Kier molecular flexibility index (Phi) is 3.59. The highest BCUT2D eigenvalue weighted by Crippen LogP contribution is 2.26. The molecule has 0 saturated heterocycles. The number of hydrogen-bond acceptors (Lipinski definition) is 5. The summed E-state index contributed by atoms with van der Waals surface area (Å²) in [7, 11) is 1.93. The zero-order valence-corrected chi connectivity index (χ0v) is 13.6. The number of aryl methyl sites for hydroxylation is 1. The van der Waals surface area contributed by atoms with E-state index in [1.165, 1.54) is 0 Å². The van der Waals surface area contributed by atoms with Gasteiger partial charge in [-0.2, -0.15) is 5.10 Å². The van der Waals surface area contributed by atoms with Gasteiger partial charge in [-0.05, 0) is 53.1 Å². The molecule has 7 heteroatoms. The summed E-state index contributed by atoms with van der Waals surface area (Å²) in [6, 6.07) is 11.9. The first-order valence-electron chi connectivity index (χ1n) is 7.33. The van der Waals surface area contributed by atoms with Crippen molar-refractivity contribution in [1.82, 2.24) is 24.7 Å². The van der Waals surface area contributed by atoms with Crippen LogP contribution in [0.15, 0.2) is 55.0 Å². The summed E-state index contributed by atoms with van der Waals surface area (Å²) in [6.45, 7) is 0. The number of hydrogen-bond donors (Lipinski definition) is 1. The van der Waals surface area contributed by atoms with Gasteiger partial charge in [-0.15, -0.1) is 0 Å². The van der Waals surface area contributed by atoms with Crippen molar-refractivity contribution in [3.63, 3.8) is 0 Å². The van der Waals surface area contributed by atoms with Crippen molar-refractivity contribution >= 4 is 34.1 Å². The first kappa shape index (κ1) is 14.6. The lowest BCUT2D eigenvalue weighted by molar-refractivity contribution is 0.797. The molecule has 4 rings (SSSR count). The second-order valence-corrected chi connectivity index (χ2v) is 5.65. The number of halogens is 1. The van der Waals surface area contributed by atoms with Gasteiger partial charge in [0, 0.05) is 24.8 Å². The van der Waals surface area contributed by atoms with Crippen molar-refractivity contribution in [2.45, 2.75) is 0 Å². The van der Waals surface area contributed by atoms with Gasteiger partial charge in [0.1, 0.15) is 11.6 Å². The van der Waals surface area contributed by atoms with E-state index in [0.29, 0.717) is 11.6 Å². The van der Waals surface area contributed by atoms with Crippen LogP contribution < -0.4 is 5.32 Å². The molecule has 3 heterocycles. The maximum absolute atomic E-state index is 5.81. The summed E-state index contributed by atoms with van der Waals surface area (Å²) in [5, 5.41) is 8.70. The lowest BCUT2D eigenvalue weighted by atomic mass is 10.1. The predicted octanol–water partition coefficient (Wildman–Crippen LogP) is 3.82. The van der Waals surface area contributed by atoms with Crippen LogP contribution in [0.5, 0.6) is 0 Å². The molecule has 4 aromatic rings. The van der Waals surface area contributed by atoms with E-state index in [2.05, 4.69) is 43.6 Å². The Balaban J connectivity index is 1.68. The summed E-state index contributed by atoms with van der Waals surface area (Å²) >= 11 is 5.81. The lowest BCUT2D eigenvalue weighted by Crippen LogP contribution is -1.97. The van der Waals surface area contributed by atoms with Crippen LogP contribution in [0.3, 0.4) is 0 Å². The van der Waals surface area contributed by atoms with E-state index in [4.69, 9.17) is 11.6 Å². The van der Waals surface area contributed by atoms with Crippen molar-refractivity contribution in [2.75, 3.05) is 5.32 Å². The predicted molar refractivity (Wildman–Crippen MR) is 94.3 cm³/mol. The van der Waals surface area contributed by atoms with Gasteiger partial charge < -0.3 is 5.32 Å². The molecular formula is C17H13ClN6. The number of fused-ring (bicyclic) bond motifs is 1. The number of anilines is 2. The number of rotatable bonds is 3. The van der Waals surface area contributed by atoms with Crippen molar-refractivity contribution < 1.29 is 0 Å². The quantitative estimate of drug-likeness (QED) is 0.576. The average Bonchev–Trinajstić information content (AvgIpc) is 2.96. The van der Waals surface area contributed by atoms with Crippen LogP contribution in [0.4, 0.5) is 11.6 Å². The molecule has 0 fully saturated rings. The van der Waals surface area contributed by atoms with E-state index in [9.17, 15) is 0 Å². The largest absolute Gasteiger partial charge is 0.325 e. The maximum atomic E-state index is 5.81. The number of pyridine rings is 1. The highest BCUT2D eigenvalue weighted by molar-refractivity contribution is 6.28. The van der Waals surface area contributed by atoms with Crippen molar-refractivity contribution in [3.05, 3.63) is 60.3 Å². The molecule has 0 aliphatic carbocycles. The van der Waals surface area contributed by atoms with Gasteiger partial charge in [-0.25, -0.2) is 15.0 Å². The molecule has 0 aliphatic rings. The van der Waals surface area contributed by atoms with Gasteiger partial charge in [-0.3, -0.25) is 4.68 Å². The fourth-order valence-corrected chi connectivity index (χ4v) is 2.70. The number of benzene rings is 1. The minimum atomic E-state index is 0.193. The molecular weight excluding hydrogens is 324 g/mol. The Hall–Kier alpha value is -2.99. The van der Waals surface area contributed by atoms with E-state index >= 15 is 0 Å². The summed E-state index contributed by atoms with van der Waals surface area (Å²) in [6.07, 6.45) is 5.22. The zero-order chi connectivity index (χ0) is 16.5. The number of nitrogens with zero attached hydrogens (tertiary/aromatic N) is 5. The Morgan fingerprint density at radius 1 is 0.958 bits per heavy atom. The molecule has 0 amide bonds. The first-order chi connectivity index (χ1) is 11.7. The van der Waals surface area contributed by atoms with Crippen LogP contribution in [-0.4, -0.2) is 24.7 Å². The molecule has 0 atom stereocenters. The normalized spacial score (nSPS) is 10.9. The molecule has 1 N–H and O–H groups in total. The maximum Gasteiger partial charge on any atom is 0.224 e. The van der Waals surface area contributed by atoms with Gasteiger partial charge in [0.25, 0.3) is 0 Å². The van der Waals surface area contributed by atoms with Crippen molar-refractivity contribution in [3.8, 4) is 11.1 Å². The van der Waals surface area contributed by atoms with Crippen molar-refractivity contribution in [2.24, 2.45) is 7.05 Å². The van der Waals surface area contributed by atoms with Crippen LogP contribution in [-0.2, 0) is 7.05 Å². The van der Waals surface area contributed by atoms with Gasteiger partial charge in [0.05, 0.1) is 11.7 Å². The molecule has 0 radical (unpaired) electrons. The Morgan fingerprint density at radius 2 is 1.79 bits per heavy atom. The molecule has 6 nitrogen and oxygen atoms in total. The van der Waals surface area contributed by atoms with Gasteiger partial charge >= 0.3 is 0 Å². The van der Waals surface area contributed by atoms with Crippen LogP contribution in [0.1, 0.15) is 0 Å². The molecule has 3 aromatic heterocycles. The molecule has 0 unspecified atom stereocenters. The number of aromatic nitrogens is 5. The molecule has 0 aliphatic heterocycles. The number of nitrogens with one attached hydrogen (secondary N) is 1. The Labute approximate surface area is 143 Å². The minimum Gasteiger partial charge on any atom is -0.325 e. The summed E-state index contributed by atoms with van der Waals surface area (Å²) in [4.78, 5) is 12.3. The summed E-state index contributed by atoms with van der Waals surface area (Å²) in [5.41, 5.74) is 3.25. The van der Waals surface area contributed by atoms with E-state index < -0.39 is 0 Å². The molecule has 0 bridgehead atoms. The summed E-state index contributed by atoms with van der Waals surface area (Å²) in [5.74, 6) is 1.29. The molecule has 118 valence electrons. The molecule has 24 heavy (non-hydrogen) atoms. The smallest absolute Gasteiger partial charge is 0.224 e. The van der Waals surface area contributed by atoms with Gasteiger partial charge in [0.2, 0.25) is 5.28 Å². The van der Waals surface area contributed by atoms with E-state index in [0.717, 1.165) is 22.0 Å². The fraction of sp³-hybridized carbons (Fsp3) is 0.0588. The van der Waals surface area contributed by atoms with Crippen LogP contribution in [0.2, 0.25) is 5.28 Å². The molecule has 1 aromatic carbocycles. The molecule has 0 saturated carbocycles. The van der Waals surface area contributed by atoms with E-state index in [-0.39, 0.29) is 5.28 Å². The topological polar surface area (TPSA) is 68.5 Å². The fourth-order valence-electron chi connectivity index (χ4n) is 2.56. The highest BCUT2D eigenvalue weighted by atomic mass is 35.5. The Bertz CT molecular complexity index is 1030. The van der Waals surface area contributed by atoms with E-state index in [1.807, 2.05) is 30.1 Å². The standard InChI is InChI=1S/C17H13ClN6/c1-24-14-3-2-11(8-13(14)10-21-24)12-4-6-19-16(9-12)22-15-5-7-20-17(18)23-15/h2-10H,1H3,(H,19,20,22,23). The molecule has 0 spiro atoms. The average molecular weight is 337 g/mol. The van der Waals surface area contributed by atoms with Crippen LogP contribution in [0, 0.1) is 0 Å². The summed E-state index contributed by atoms with van der Waals surface area (Å²) < 4.78 is 1.86. The monoisotopic (exact) mass is 336 g/mol. The van der Waals surface area contributed by atoms with Gasteiger partial charge in [0.15, 0.2) is 0 Å². The highest BCUT2D eigenvalue weighted by Gasteiger charge is 2.05. The second-order valence-electron chi connectivity index (χ2n) is 5.31. The second kappa shape index (κ2) is 5.90. The lowest BCUT2D eigenvalue weighted by Gasteiger charge is -2.07. The first-order valence-corrected chi connectivity index (χ1v) is 7.70. The Morgan fingerprint density at radius 3 is 2.67 bits per heavy atom. The third-order valence-corrected chi connectivity index (χ3v) is 3.90. The van der Waals surface area contributed by atoms with Crippen LogP contribution in [0.25, 0.3) is 22.0 Å². The SMILES string of the molecule is Cn1ncc2cc(-c3ccnc(Nc4ccnc(Cl)n4)c3)ccc21. The zero-order valence-electron chi connectivity index (χ0n) is 12.8. The van der Waals surface area contributed by atoms with Crippen LogP contribution >= 0.6 is 11.6 Å². The van der Waals surface area contributed by atoms with Crippen molar-refractivity contribution in [1.29, 1.82) is 0 Å².